The maximum atomic E-state index is 12.5. The largest absolute Gasteiger partial charge is 0.493 e. The van der Waals surface area contributed by atoms with Crippen molar-refractivity contribution in [2.24, 2.45) is 0 Å². The zero-order valence-electron chi connectivity index (χ0n) is 17.7. The second-order valence-electron chi connectivity index (χ2n) is 6.57. The molecule has 0 aliphatic heterocycles. The molecule has 9 heteroatoms. The molecular weight excluding hydrogens is 422 g/mol. The van der Waals surface area contributed by atoms with E-state index in [1.807, 2.05) is 6.92 Å². The molecule has 0 bridgehead atoms. The highest BCUT2D eigenvalue weighted by Gasteiger charge is 2.18. The highest BCUT2D eigenvalue weighted by atomic mass is 32.2. The summed E-state index contributed by atoms with van der Waals surface area (Å²) in [7, 11) is -1.88. The predicted octanol–water partition coefficient (Wildman–Crippen LogP) is 3.29. The van der Waals surface area contributed by atoms with E-state index in [9.17, 15) is 18.0 Å². The van der Waals surface area contributed by atoms with Crippen LogP contribution >= 0.6 is 0 Å². The minimum atomic E-state index is -3.41. The molecule has 0 saturated heterocycles. The first-order valence-electron chi connectivity index (χ1n) is 9.44. The van der Waals surface area contributed by atoms with Crippen LogP contribution in [0.25, 0.3) is 6.08 Å². The molecule has 31 heavy (non-hydrogen) atoms. The number of methoxy groups -OCH3 is 1. The Morgan fingerprint density at radius 2 is 1.77 bits per heavy atom. The molecule has 0 aliphatic carbocycles. The molecular formula is C22H25NO7S. The van der Waals surface area contributed by atoms with Gasteiger partial charge in [0.1, 0.15) is 0 Å². The van der Waals surface area contributed by atoms with Crippen LogP contribution in [-0.4, -0.2) is 46.2 Å². The van der Waals surface area contributed by atoms with Crippen molar-refractivity contribution in [1.29, 1.82) is 0 Å². The van der Waals surface area contributed by atoms with E-state index < -0.39 is 27.9 Å². The second-order valence-corrected chi connectivity index (χ2v) is 8.32. The number of rotatable bonds is 10. The van der Waals surface area contributed by atoms with Crippen molar-refractivity contribution < 1.29 is 32.2 Å². The molecule has 2 aromatic rings. The number of esters is 1. The fourth-order valence-corrected chi connectivity index (χ4v) is 3.21. The van der Waals surface area contributed by atoms with Gasteiger partial charge in [-0.2, -0.15) is 0 Å². The molecule has 1 N–H and O–H groups in total. The summed E-state index contributed by atoms with van der Waals surface area (Å²) >= 11 is 0. The summed E-state index contributed by atoms with van der Waals surface area (Å²) in [4.78, 5) is 24.6. The molecule has 0 aromatic heterocycles. The molecule has 1 unspecified atom stereocenters. The van der Waals surface area contributed by atoms with E-state index in [-0.39, 0.29) is 0 Å². The number of ether oxygens (including phenoxy) is 3. The van der Waals surface area contributed by atoms with Gasteiger partial charge in [0.15, 0.2) is 17.6 Å². The Bertz CT molecular complexity index is 1060. The summed E-state index contributed by atoms with van der Waals surface area (Å²) in [5, 5.41) is 0. The lowest BCUT2D eigenvalue weighted by molar-refractivity contribution is -0.140. The van der Waals surface area contributed by atoms with Crippen LogP contribution in [0.5, 0.6) is 11.5 Å². The number of hydrogen-bond donors (Lipinski definition) is 1. The number of hydrogen-bond acceptors (Lipinski definition) is 7. The Labute approximate surface area is 181 Å². The number of nitrogens with one attached hydrogen (secondary N) is 1. The van der Waals surface area contributed by atoms with Gasteiger partial charge in [0, 0.05) is 17.3 Å². The minimum Gasteiger partial charge on any atom is -0.493 e. The number of carbonyl (C=O) groups is 2. The molecule has 8 nitrogen and oxygen atoms in total. The zero-order valence-corrected chi connectivity index (χ0v) is 18.6. The topological polar surface area (TPSA) is 108 Å². The van der Waals surface area contributed by atoms with E-state index in [0.717, 1.165) is 6.26 Å². The maximum absolute atomic E-state index is 12.5. The van der Waals surface area contributed by atoms with Gasteiger partial charge in [0.25, 0.3) is 0 Å². The molecule has 0 amide bonds. The van der Waals surface area contributed by atoms with Crippen LogP contribution in [0.1, 0.15) is 29.8 Å². The third kappa shape index (κ3) is 7.45. The van der Waals surface area contributed by atoms with Crippen LogP contribution in [0.4, 0.5) is 5.69 Å². The van der Waals surface area contributed by atoms with Crippen molar-refractivity contribution in [3.63, 3.8) is 0 Å². The first-order chi connectivity index (χ1) is 14.6. The van der Waals surface area contributed by atoms with Crippen molar-refractivity contribution in [3.05, 3.63) is 59.7 Å². The van der Waals surface area contributed by atoms with E-state index >= 15 is 0 Å². The summed E-state index contributed by atoms with van der Waals surface area (Å²) < 4.78 is 40.7. The van der Waals surface area contributed by atoms with Crippen molar-refractivity contribution in [2.45, 2.75) is 20.0 Å². The lowest BCUT2D eigenvalue weighted by Crippen LogP contribution is -2.23. The summed E-state index contributed by atoms with van der Waals surface area (Å²) in [6.45, 7) is 3.84. The highest BCUT2D eigenvalue weighted by molar-refractivity contribution is 7.92. The second kappa shape index (κ2) is 10.6. The zero-order chi connectivity index (χ0) is 23.0. The van der Waals surface area contributed by atoms with E-state index in [2.05, 4.69) is 4.72 Å². The Hall–Kier alpha value is -3.33. The molecule has 0 spiro atoms. The van der Waals surface area contributed by atoms with Gasteiger partial charge < -0.3 is 14.2 Å². The fraction of sp³-hybridized carbons (Fsp3) is 0.273. The van der Waals surface area contributed by atoms with Crippen molar-refractivity contribution >= 4 is 33.5 Å². The van der Waals surface area contributed by atoms with Crippen LogP contribution in [-0.2, 0) is 19.6 Å². The average Bonchev–Trinajstić information content (AvgIpc) is 2.72. The van der Waals surface area contributed by atoms with Gasteiger partial charge in [-0.05, 0) is 61.9 Å². The van der Waals surface area contributed by atoms with Crippen LogP contribution in [0, 0.1) is 0 Å². The van der Waals surface area contributed by atoms with E-state index in [4.69, 9.17) is 14.2 Å². The monoisotopic (exact) mass is 447 g/mol. The van der Waals surface area contributed by atoms with Crippen molar-refractivity contribution in [3.8, 4) is 11.5 Å². The molecule has 0 radical (unpaired) electrons. The Kier molecular flexibility index (Phi) is 8.21. The normalized spacial score (nSPS) is 12.3. The molecule has 2 rings (SSSR count). The molecule has 2 aromatic carbocycles. The number of Topliss-reactive ketones (excluding diaryl/α,β-unsaturated/α-hetero) is 1. The SMILES string of the molecule is CCOc1ccc(/C=C/C(=O)OC(C)C(=O)c2ccc(NS(C)(=O)=O)cc2)cc1OC. The molecule has 0 heterocycles. The molecule has 1 atom stereocenters. The van der Waals surface area contributed by atoms with Crippen LogP contribution in [0.3, 0.4) is 0 Å². The van der Waals surface area contributed by atoms with Gasteiger partial charge in [-0.15, -0.1) is 0 Å². The van der Waals surface area contributed by atoms with Gasteiger partial charge in [0.05, 0.1) is 20.0 Å². The van der Waals surface area contributed by atoms with Gasteiger partial charge in [-0.25, -0.2) is 13.2 Å². The Morgan fingerprint density at radius 3 is 2.35 bits per heavy atom. The number of carbonyl (C=O) groups excluding carboxylic acids is 2. The number of sulfonamides is 1. The molecule has 0 saturated carbocycles. The predicted molar refractivity (Wildman–Crippen MR) is 118 cm³/mol. The summed E-state index contributed by atoms with van der Waals surface area (Å²) in [5.74, 6) is 0.0517. The number of benzene rings is 2. The maximum Gasteiger partial charge on any atom is 0.331 e. The van der Waals surface area contributed by atoms with E-state index in [1.165, 1.54) is 44.4 Å². The van der Waals surface area contributed by atoms with E-state index in [1.54, 1.807) is 24.3 Å². The van der Waals surface area contributed by atoms with Crippen molar-refractivity contribution in [1.82, 2.24) is 0 Å². The third-order valence-electron chi connectivity index (χ3n) is 4.03. The smallest absolute Gasteiger partial charge is 0.331 e. The van der Waals surface area contributed by atoms with Gasteiger partial charge in [-0.3, -0.25) is 9.52 Å². The fourth-order valence-electron chi connectivity index (χ4n) is 2.65. The summed E-state index contributed by atoms with van der Waals surface area (Å²) in [5.41, 5.74) is 1.32. The summed E-state index contributed by atoms with van der Waals surface area (Å²) in [6, 6.07) is 11.1. The van der Waals surface area contributed by atoms with Crippen LogP contribution in [0.2, 0.25) is 0 Å². The van der Waals surface area contributed by atoms with E-state index in [0.29, 0.717) is 34.9 Å². The molecule has 0 aliphatic rings. The number of ketones is 1. The number of anilines is 1. The first-order valence-corrected chi connectivity index (χ1v) is 11.3. The quantitative estimate of drug-likeness (QED) is 0.338. The van der Waals surface area contributed by atoms with Crippen LogP contribution < -0.4 is 14.2 Å². The molecule has 0 fully saturated rings. The lowest BCUT2D eigenvalue weighted by Gasteiger charge is -2.12. The van der Waals surface area contributed by atoms with Gasteiger partial charge in [-0.1, -0.05) is 6.07 Å². The molecule has 166 valence electrons. The first kappa shape index (κ1) is 23.9. The van der Waals surface area contributed by atoms with Gasteiger partial charge >= 0.3 is 5.97 Å². The van der Waals surface area contributed by atoms with Gasteiger partial charge in [0.2, 0.25) is 15.8 Å². The third-order valence-corrected chi connectivity index (χ3v) is 4.64. The van der Waals surface area contributed by atoms with Crippen LogP contribution in [0.15, 0.2) is 48.5 Å². The lowest BCUT2D eigenvalue weighted by atomic mass is 10.1. The van der Waals surface area contributed by atoms with Crippen molar-refractivity contribution in [2.75, 3.05) is 24.7 Å². The average molecular weight is 448 g/mol. The minimum absolute atomic E-state index is 0.291. The summed E-state index contributed by atoms with van der Waals surface area (Å²) in [6.07, 6.45) is 2.78. The Balaban J connectivity index is 1.99. The Morgan fingerprint density at radius 1 is 1.10 bits per heavy atom. The standard InChI is InChI=1S/C22H25NO7S/c1-5-29-19-12-6-16(14-20(19)28-3)7-13-21(24)30-15(2)22(25)17-8-10-18(11-9-17)23-31(4,26)27/h6-15,23H,5H2,1-4H3/b13-7+. The highest BCUT2D eigenvalue weighted by Crippen LogP contribution is 2.28.